The molecule has 0 radical (unpaired) electrons. The first-order valence-electron chi connectivity index (χ1n) is 6.58. The maximum absolute atomic E-state index is 3.63. The Kier molecular flexibility index (Phi) is 4.42. The molecule has 0 aliphatic heterocycles. The SMILES string of the molecule is CCNC1CCCCC(c2csc(C)c2)C1. The van der Waals surface area contributed by atoms with Gasteiger partial charge in [-0.05, 0) is 55.7 Å². The highest BCUT2D eigenvalue weighted by atomic mass is 32.1. The Bertz CT molecular complexity index is 318. The number of nitrogens with one attached hydrogen (secondary N) is 1. The molecule has 0 saturated heterocycles. The molecule has 1 nitrogen and oxygen atoms in total. The zero-order valence-electron chi connectivity index (χ0n) is 10.5. The van der Waals surface area contributed by atoms with Gasteiger partial charge in [0.25, 0.3) is 0 Å². The summed E-state index contributed by atoms with van der Waals surface area (Å²) in [6.45, 7) is 5.54. The summed E-state index contributed by atoms with van der Waals surface area (Å²) in [5.41, 5.74) is 1.59. The van der Waals surface area contributed by atoms with Gasteiger partial charge in [0.05, 0.1) is 0 Å². The minimum Gasteiger partial charge on any atom is -0.314 e. The van der Waals surface area contributed by atoms with Crippen LogP contribution in [0.5, 0.6) is 0 Å². The molecule has 1 aliphatic carbocycles. The van der Waals surface area contributed by atoms with E-state index in [1.165, 1.54) is 37.0 Å². The van der Waals surface area contributed by atoms with Crippen molar-refractivity contribution >= 4 is 11.3 Å². The Labute approximate surface area is 103 Å². The maximum Gasteiger partial charge on any atom is 0.00727 e. The normalized spacial score (nSPS) is 26.6. The van der Waals surface area contributed by atoms with Gasteiger partial charge in [0.1, 0.15) is 0 Å². The third-order valence-electron chi connectivity index (χ3n) is 3.64. The van der Waals surface area contributed by atoms with Gasteiger partial charge >= 0.3 is 0 Å². The zero-order valence-corrected chi connectivity index (χ0v) is 11.3. The van der Waals surface area contributed by atoms with Crippen molar-refractivity contribution in [3.8, 4) is 0 Å². The highest BCUT2D eigenvalue weighted by molar-refractivity contribution is 7.10. The van der Waals surface area contributed by atoms with E-state index in [4.69, 9.17) is 0 Å². The summed E-state index contributed by atoms with van der Waals surface area (Å²) in [5, 5.41) is 6.00. The Morgan fingerprint density at radius 3 is 2.88 bits per heavy atom. The topological polar surface area (TPSA) is 12.0 Å². The van der Waals surface area contributed by atoms with Crippen LogP contribution in [0.3, 0.4) is 0 Å². The van der Waals surface area contributed by atoms with Gasteiger partial charge in [0.15, 0.2) is 0 Å². The molecule has 1 aromatic rings. The molecular weight excluding hydrogens is 214 g/mol. The van der Waals surface area contributed by atoms with Crippen molar-refractivity contribution in [3.63, 3.8) is 0 Å². The van der Waals surface area contributed by atoms with Crippen molar-refractivity contribution in [1.82, 2.24) is 5.32 Å². The van der Waals surface area contributed by atoms with Gasteiger partial charge in [-0.1, -0.05) is 19.8 Å². The highest BCUT2D eigenvalue weighted by Crippen LogP contribution is 2.33. The van der Waals surface area contributed by atoms with E-state index in [0.717, 1.165) is 18.5 Å². The molecule has 0 aromatic carbocycles. The molecule has 1 aromatic heterocycles. The van der Waals surface area contributed by atoms with E-state index in [2.05, 4.69) is 30.6 Å². The molecule has 0 bridgehead atoms. The smallest absolute Gasteiger partial charge is 0.00727 e. The lowest BCUT2D eigenvalue weighted by Gasteiger charge is -2.20. The van der Waals surface area contributed by atoms with Gasteiger partial charge in [-0.3, -0.25) is 0 Å². The molecule has 0 amide bonds. The van der Waals surface area contributed by atoms with Gasteiger partial charge in [0, 0.05) is 10.9 Å². The number of aryl methyl sites for hydroxylation is 1. The number of hydrogen-bond acceptors (Lipinski definition) is 2. The number of hydrogen-bond donors (Lipinski definition) is 1. The summed E-state index contributed by atoms with van der Waals surface area (Å²) < 4.78 is 0. The molecule has 1 aliphatic rings. The minimum atomic E-state index is 0.748. The van der Waals surface area contributed by atoms with Crippen LogP contribution in [-0.4, -0.2) is 12.6 Å². The van der Waals surface area contributed by atoms with Crippen LogP contribution in [0.4, 0.5) is 0 Å². The number of thiophene rings is 1. The van der Waals surface area contributed by atoms with Crippen molar-refractivity contribution < 1.29 is 0 Å². The fraction of sp³-hybridized carbons (Fsp3) is 0.714. The highest BCUT2D eigenvalue weighted by Gasteiger charge is 2.21. The minimum absolute atomic E-state index is 0.748. The molecule has 2 heteroatoms. The summed E-state index contributed by atoms with van der Waals surface area (Å²) in [5.74, 6) is 0.802. The van der Waals surface area contributed by atoms with Crippen LogP contribution >= 0.6 is 11.3 Å². The Morgan fingerprint density at radius 2 is 2.19 bits per heavy atom. The van der Waals surface area contributed by atoms with Crippen LogP contribution in [0.2, 0.25) is 0 Å². The van der Waals surface area contributed by atoms with Crippen molar-refractivity contribution in [2.24, 2.45) is 0 Å². The molecule has 16 heavy (non-hydrogen) atoms. The van der Waals surface area contributed by atoms with Crippen LogP contribution in [0.15, 0.2) is 11.4 Å². The molecule has 2 atom stereocenters. The van der Waals surface area contributed by atoms with Gasteiger partial charge in [-0.15, -0.1) is 11.3 Å². The second-order valence-corrected chi connectivity index (χ2v) is 6.08. The van der Waals surface area contributed by atoms with Crippen molar-refractivity contribution in [2.75, 3.05) is 6.54 Å². The van der Waals surface area contributed by atoms with Gasteiger partial charge < -0.3 is 5.32 Å². The Morgan fingerprint density at radius 1 is 1.38 bits per heavy atom. The quantitative estimate of drug-likeness (QED) is 0.781. The van der Waals surface area contributed by atoms with Crippen LogP contribution in [0.25, 0.3) is 0 Å². The lowest BCUT2D eigenvalue weighted by molar-refractivity contribution is 0.449. The average molecular weight is 237 g/mol. The van der Waals surface area contributed by atoms with Crippen LogP contribution in [-0.2, 0) is 0 Å². The van der Waals surface area contributed by atoms with Crippen LogP contribution in [0.1, 0.15) is 55.4 Å². The molecule has 2 unspecified atom stereocenters. The molecule has 90 valence electrons. The molecule has 1 N–H and O–H groups in total. The lowest BCUT2D eigenvalue weighted by atomic mass is 9.92. The Hall–Kier alpha value is -0.340. The fourth-order valence-corrected chi connectivity index (χ4v) is 3.60. The van der Waals surface area contributed by atoms with Crippen LogP contribution < -0.4 is 5.32 Å². The molecular formula is C14H23NS. The van der Waals surface area contributed by atoms with E-state index in [1.54, 1.807) is 5.56 Å². The van der Waals surface area contributed by atoms with Gasteiger partial charge in [0.2, 0.25) is 0 Å². The van der Waals surface area contributed by atoms with Gasteiger partial charge in [-0.25, -0.2) is 0 Å². The van der Waals surface area contributed by atoms with E-state index in [-0.39, 0.29) is 0 Å². The first-order chi connectivity index (χ1) is 7.79. The second kappa shape index (κ2) is 5.83. The standard InChI is InChI=1S/C14H23NS/c1-3-15-14-7-5-4-6-12(9-14)13-8-11(2)16-10-13/h8,10,12,14-15H,3-7,9H2,1-2H3. The van der Waals surface area contributed by atoms with Crippen molar-refractivity contribution in [3.05, 3.63) is 21.9 Å². The fourth-order valence-electron chi connectivity index (χ4n) is 2.82. The monoisotopic (exact) mass is 237 g/mol. The van der Waals surface area contributed by atoms with Gasteiger partial charge in [-0.2, -0.15) is 0 Å². The molecule has 1 saturated carbocycles. The largest absolute Gasteiger partial charge is 0.314 e. The van der Waals surface area contributed by atoms with Crippen molar-refractivity contribution in [2.45, 2.75) is 57.9 Å². The van der Waals surface area contributed by atoms with Crippen LogP contribution in [0, 0.1) is 6.92 Å². The third kappa shape index (κ3) is 3.08. The summed E-state index contributed by atoms with van der Waals surface area (Å²) in [7, 11) is 0. The summed E-state index contributed by atoms with van der Waals surface area (Å²) in [6.07, 6.45) is 6.90. The van der Waals surface area contributed by atoms with Crippen molar-refractivity contribution in [1.29, 1.82) is 0 Å². The molecule has 1 fully saturated rings. The van der Waals surface area contributed by atoms with E-state index >= 15 is 0 Å². The van der Waals surface area contributed by atoms with E-state index in [1.807, 2.05) is 11.3 Å². The summed E-state index contributed by atoms with van der Waals surface area (Å²) in [4.78, 5) is 1.46. The Balaban J connectivity index is 2.02. The second-order valence-electron chi connectivity index (χ2n) is 4.96. The third-order valence-corrected chi connectivity index (χ3v) is 4.52. The molecule has 1 heterocycles. The van der Waals surface area contributed by atoms with E-state index < -0.39 is 0 Å². The predicted octanol–water partition coefficient (Wildman–Crippen LogP) is 4.08. The predicted molar refractivity (Wildman–Crippen MR) is 72.3 cm³/mol. The maximum atomic E-state index is 3.63. The average Bonchev–Trinajstić information content (AvgIpc) is 2.56. The number of rotatable bonds is 3. The zero-order chi connectivity index (χ0) is 11.4. The summed E-state index contributed by atoms with van der Waals surface area (Å²) in [6, 6.07) is 3.14. The molecule has 0 spiro atoms. The molecule has 2 rings (SSSR count). The van der Waals surface area contributed by atoms with E-state index in [0.29, 0.717) is 0 Å². The first-order valence-corrected chi connectivity index (χ1v) is 7.46. The van der Waals surface area contributed by atoms with E-state index in [9.17, 15) is 0 Å². The summed E-state index contributed by atoms with van der Waals surface area (Å²) >= 11 is 1.90. The first kappa shape index (κ1) is 12.1. The lowest BCUT2D eigenvalue weighted by Crippen LogP contribution is -2.29.